The van der Waals surface area contributed by atoms with Gasteiger partial charge < -0.3 is 15.4 Å². The van der Waals surface area contributed by atoms with Crippen LogP contribution in [0.25, 0.3) is 0 Å². The lowest BCUT2D eigenvalue weighted by atomic mass is 10.1. The molecule has 1 amide bonds. The van der Waals surface area contributed by atoms with E-state index in [2.05, 4.69) is 10.6 Å². The van der Waals surface area contributed by atoms with Gasteiger partial charge in [0.05, 0.1) is 10.0 Å². The zero-order chi connectivity index (χ0) is 22.5. The Kier molecular flexibility index (Phi) is 7.95. The summed E-state index contributed by atoms with van der Waals surface area (Å²) in [5, 5.41) is 7.89. The van der Waals surface area contributed by atoms with E-state index in [4.69, 9.17) is 51.1 Å². The van der Waals surface area contributed by atoms with Gasteiger partial charge >= 0.3 is 0 Å². The first-order valence-corrected chi connectivity index (χ1v) is 10.9. The molecule has 0 bridgehead atoms. The summed E-state index contributed by atoms with van der Waals surface area (Å²) >= 11 is 24.8. The number of ether oxygens (including phenoxy) is 1. The smallest absolute Gasteiger partial charge is 0.262 e. The molecule has 0 aliphatic heterocycles. The first-order valence-electron chi connectivity index (χ1n) is 9.39. The van der Waals surface area contributed by atoms with Crippen molar-refractivity contribution in [3.63, 3.8) is 0 Å². The van der Waals surface area contributed by atoms with Crippen LogP contribution in [0.5, 0.6) is 5.75 Å². The minimum atomic E-state index is -0.353. The summed E-state index contributed by atoms with van der Waals surface area (Å²) in [6.07, 6.45) is 0. The monoisotopic (exact) mass is 496 g/mol. The van der Waals surface area contributed by atoms with E-state index in [9.17, 15) is 4.79 Å². The van der Waals surface area contributed by atoms with Gasteiger partial charge in [-0.3, -0.25) is 4.79 Å². The van der Waals surface area contributed by atoms with E-state index in [0.29, 0.717) is 32.3 Å². The molecule has 0 aromatic heterocycles. The SMILES string of the molecule is Cc1ccc(NC(=O)COc2c(Cl)cc(CNc3cc(Cl)ccc3C)cc2Cl)cc1Cl. The maximum atomic E-state index is 12.2. The molecule has 2 N–H and O–H groups in total. The van der Waals surface area contributed by atoms with Crippen LogP contribution in [0.3, 0.4) is 0 Å². The van der Waals surface area contributed by atoms with Crippen LogP contribution in [0.15, 0.2) is 48.5 Å². The van der Waals surface area contributed by atoms with Gasteiger partial charge in [-0.05, 0) is 66.9 Å². The van der Waals surface area contributed by atoms with Crippen molar-refractivity contribution in [1.82, 2.24) is 0 Å². The van der Waals surface area contributed by atoms with Crippen LogP contribution in [-0.2, 0) is 11.3 Å². The van der Waals surface area contributed by atoms with Crippen LogP contribution in [0.4, 0.5) is 11.4 Å². The van der Waals surface area contributed by atoms with Crippen molar-refractivity contribution in [2.24, 2.45) is 0 Å². The first kappa shape index (κ1) is 23.6. The highest BCUT2D eigenvalue weighted by molar-refractivity contribution is 6.37. The summed E-state index contributed by atoms with van der Waals surface area (Å²) in [5.74, 6) is -0.0997. The molecule has 0 aliphatic rings. The molecule has 162 valence electrons. The third kappa shape index (κ3) is 6.44. The summed E-state index contributed by atoms with van der Waals surface area (Å²) in [6, 6.07) is 14.4. The summed E-state index contributed by atoms with van der Waals surface area (Å²) in [5.41, 5.74) is 4.37. The van der Waals surface area contributed by atoms with Gasteiger partial charge in [0.1, 0.15) is 0 Å². The molecule has 0 saturated carbocycles. The topological polar surface area (TPSA) is 50.4 Å². The molecule has 0 heterocycles. The number of aryl methyl sites for hydroxylation is 2. The molecular weight excluding hydrogens is 478 g/mol. The van der Waals surface area contributed by atoms with Crippen molar-refractivity contribution >= 4 is 63.7 Å². The number of hydrogen-bond donors (Lipinski definition) is 2. The Balaban J connectivity index is 1.61. The number of benzene rings is 3. The highest BCUT2D eigenvalue weighted by Crippen LogP contribution is 2.34. The summed E-state index contributed by atoms with van der Waals surface area (Å²) in [7, 11) is 0. The average molecular weight is 498 g/mol. The van der Waals surface area contributed by atoms with Crippen molar-refractivity contribution in [1.29, 1.82) is 0 Å². The lowest BCUT2D eigenvalue weighted by Crippen LogP contribution is -2.20. The standard InChI is InChI=1S/C23H20Cl4N2O2/c1-13-4-6-17(10-18(13)25)29-22(30)12-31-23-19(26)7-15(8-20(23)27)11-28-21-9-16(24)5-3-14(21)2/h3-10,28H,11-12H2,1-2H3,(H,29,30). The van der Waals surface area contributed by atoms with Gasteiger partial charge in [0.2, 0.25) is 0 Å². The molecule has 8 heteroatoms. The zero-order valence-electron chi connectivity index (χ0n) is 16.9. The predicted molar refractivity (Wildman–Crippen MR) is 130 cm³/mol. The van der Waals surface area contributed by atoms with Crippen molar-refractivity contribution in [3.05, 3.63) is 85.3 Å². The fourth-order valence-electron chi connectivity index (χ4n) is 2.84. The number of halogens is 4. The minimum absolute atomic E-state index is 0.246. The molecule has 3 aromatic carbocycles. The highest BCUT2D eigenvalue weighted by Gasteiger charge is 2.13. The highest BCUT2D eigenvalue weighted by atomic mass is 35.5. The first-order chi connectivity index (χ1) is 14.7. The normalized spacial score (nSPS) is 10.6. The maximum absolute atomic E-state index is 12.2. The Morgan fingerprint density at radius 3 is 2.23 bits per heavy atom. The second-order valence-corrected chi connectivity index (χ2v) is 8.66. The molecule has 3 aromatic rings. The number of hydrogen-bond acceptors (Lipinski definition) is 3. The molecule has 0 unspecified atom stereocenters. The second-order valence-electron chi connectivity index (χ2n) is 7.00. The lowest BCUT2D eigenvalue weighted by molar-refractivity contribution is -0.118. The Morgan fingerprint density at radius 1 is 0.871 bits per heavy atom. The van der Waals surface area contributed by atoms with Gasteiger partial charge in [-0.2, -0.15) is 0 Å². The molecule has 0 aliphatic carbocycles. The van der Waals surface area contributed by atoms with E-state index in [1.54, 1.807) is 24.3 Å². The van der Waals surface area contributed by atoms with Crippen LogP contribution in [0.1, 0.15) is 16.7 Å². The van der Waals surface area contributed by atoms with Crippen molar-refractivity contribution in [3.8, 4) is 5.75 Å². The van der Waals surface area contributed by atoms with Crippen molar-refractivity contribution in [2.45, 2.75) is 20.4 Å². The van der Waals surface area contributed by atoms with E-state index in [-0.39, 0.29) is 18.3 Å². The number of anilines is 2. The van der Waals surface area contributed by atoms with Gasteiger partial charge in [-0.25, -0.2) is 0 Å². The van der Waals surface area contributed by atoms with Crippen molar-refractivity contribution < 1.29 is 9.53 Å². The maximum Gasteiger partial charge on any atom is 0.262 e. The van der Waals surface area contributed by atoms with E-state index < -0.39 is 0 Å². The lowest BCUT2D eigenvalue weighted by Gasteiger charge is -2.14. The number of rotatable bonds is 7. The number of nitrogens with one attached hydrogen (secondary N) is 2. The van der Waals surface area contributed by atoms with Crippen LogP contribution >= 0.6 is 46.4 Å². The van der Waals surface area contributed by atoms with E-state index in [1.165, 1.54) is 0 Å². The molecule has 0 spiro atoms. The number of carbonyl (C=O) groups excluding carboxylic acids is 1. The summed E-state index contributed by atoms with van der Waals surface area (Å²) in [4.78, 5) is 12.2. The third-order valence-electron chi connectivity index (χ3n) is 4.54. The molecule has 4 nitrogen and oxygen atoms in total. The molecule has 3 rings (SSSR count). The Morgan fingerprint density at radius 2 is 1.55 bits per heavy atom. The van der Waals surface area contributed by atoms with Gasteiger partial charge in [0.15, 0.2) is 12.4 Å². The van der Waals surface area contributed by atoms with Crippen LogP contribution < -0.4 is 15.4 Å². The molecule has 31 heavy (non-hydrogen) atoms. The molecule has 0 radical (unpaired) electrons. The third-order valence-corrected chi connectivity index (χ3v) is 5.75. The van der Waals surface area contributed by atoms with Gasteiger partial charge in [-0.15, -0.1) is 0 Å². The largest absolute Gasteiger partial charge is 0.481 e. The Labute approximate surface area is 201 Å². The van der Waals surface area contributed by atoms with Gasteiger partial charge in [0, 0.05) is 28.0 Å². The van der Waals surface area contributed by atoms with Crippen LogP contribution in [0, 0.1) is 13.8 Å². The second kappa shape index (κ2) is 10.5. The molecule has 0 fully saturated rings. The van der Waals surface area contributed by atoms with E-state index in [0.717, 1.165) is 22.4 Å². The number of carbonyl (C=O) groups is 1. The Bertz CT molecular complexity index is 1100. The van der Waals surface area contributed by atoms with Crippen LogP contribution in [0.2, 0.25) is 20.1 Å². The van der Waals surface area contributed by atoms with Crippen LogP contribution in [-0.4, -0.2) is 12.5 Å². The fraction of sp³-hybridized carbons (Fsp3) is 0.174. The molecule has 0 saturated heterocycles. The number of amides is 1. The zero-order valence-corrected chi connectivity index (χ0v) is 19.9. The van der Waals surface area contributed by atoms with E-state index in [1.807, 2.05) is 38.1 Å². The summed E-state index contributed by atoms with van der Waals surface area (Å²) in [6.45, 7) is 4.13. The quantitative estimate of drug-likeness (QED) is 0.354. The molecule has 0 atom stereocenters. The average Bonchev–Trinajstić information content (AvgIpc) is 2.71. The fourth-order valence-corrected chi connectivity index (χ4v) is 3.83. The van der Waals surface area contributed by atoms with E-state index >= 15 is 0 Å². The Hall–Kier alpha value is -2.11. The summed E-state index contributed by atoms with van der Waals surface area (Å²) < 4.78 is 5.56. The predicted octanol–water partition coefficient (Wildman–Crippen LogP) is 7.55. The van der Waals surface area contributed by atoms with Gasteiger partial charge in [-0.1, -0.05) is 58.5 Å². The molecular formula is C23H20Cl4N2O2. The van der Waals surface area contributed by atoms with Crippen molar-refractivity contribution in [2.75, 3.05) is 17.2 Å². The van der Waals surface area contributed by atoms with Gasteiger partial charge in [0.25, 0.3) is 5.91 Å². The minimum Gasteiger partial charge on any atom is -0.481 e.